The molecule has 0 saturated heterocycles. The third-order valence-electron chi connectivity index (χ3n) is 3.75. The van der Waals surface area contributed by atoms with E-state index in [0.29, 0.717) is 16.4 Å². The first-order valence-electron chi connectivity index (χ1n) is 8.30. The molecule has 1 N–H and O–H groups in total. The number of para-hydroxylation sites is 1. The van der Waals surface area contributed by atoms with E-state index >= 15 is 0 Å². The highest BCUT2D eigenvalue weighted by Gasteiger charge is 2.33. The molecule has 0 aliphatic heterocycles. The predicted octanol–water partition coefficient (Wildman–Crippen LogP) is 4.76. The number of rotatable bonds is 5. The molecule has 0 unspecified atom stereocenters. The molecule has 0 spiro atoms. The maximum absolute atomic E-state index is 13.0. The summed E-state index contributed by atoms with van der Waals surface area (Å²) in [4.78, 5) is 20.8. The zero-order valence-electron chi connectivity index (χ0n) is 14.8. The van der Waals surface area contributed by atoms with Gasteiger partial charge in [0.25, 0.3) is 0 Å². The highest BCUT2D eigenvalue weighted by Crippen LogP contribution is 2.34. The van der Waals surface area contributed by atoms with E-state index in [-0.39, 0.29) is 17.0 Å². The van der Waals surface area contributed by atoms with Crippen molar-refractivity contribution < 1.29 is 18.0 Å². The van der Waals surface area contributed by atoms with Crippen LogP contribution in [-0.4, -0.2) is 21.6 Å². The number of nitrogens with zero attached hydrogens (tertiary/aromatic N) is 3. The molecule has 146 valence electrons. The smallest absolute Gasteiger partial charge is 0.325 e. The number of aromatic nitrogens is 2. The molecule has 1 aromatic carbocycles. The Morgan fingerprint density at radius 2 is 1.83 bits per heavy atom. The van der Waals surface area contributed by atoms with Gasteiger partial charge < -0.3 is 5.32 Å². The molecule has 2 heterocycles. The quantitative estimate of drug-likeness (QED) is 0.609. The van der Waals surface area contributed by atoms with Gasteiger partial charge in [0, 0.05) is 6.20 Å². The number of hydrogen-bond acceptors (Lipinski definition) is 5. The summed E-state index contributed by atoms with van der Waals surface area (Å²) in [5, 5.41) is 11.8. The topological polar surface area (TPSA) is 78.7 Å². The van der Waals surface area contributed by atoms with Crippen LogP contribution in [0.3, 0.4) is 0 Å². The van der Waals surface area contributed by atoms with Gasteiger partial charge in [-0.05, 0) is 36.4 Å². The molecule has 0 aliphatic rings. The van der Waals surface area contributed by atoms with E-state index in [1.807, 2.05) is 6.07 Å². The van der Waals surface area contributed by atoms with E-state index in [0.717, 1.165) is 17.8 Å². The summed E-state index contributed by atoms with van der Waals surface area (Å²) in [6.07, 6.45) is -2.98. The van der Waals surface area contributed by atoms with Crippen molar-refractivity contribution in [3.05, 3.63) is 71.9 Å². The first kappa shape index (κ1) is 20.4. The Kier molecular flexibility index (Phi) is 6.14. The maximum Gasteiger partial charge on any atom is 0.418 e. The van der Waals surface area contributed by atoms with Crippen molar-refractivity contribution in [3.63, 3.8) is 0 Å². The number of carbonyl (C=O) groups is 1. The minimum atomic E-state index is -4.58. The molecular weight excluding hydrogens is 401 g/mol. The standard InChI is InChI=1S/C20H13F3N4OS/c21-20(22,23)14-5-1-2-6-15(14)26-18(28)12-29-19-13(11-24)8-9-17(27-19)16-7-3-4-10-25-16/h1-10H,12H2,(H,26,28). The first-order chi connectivity index (χ1) is 13.9. The average molecular weight is 414 g/mol. The molecule has 3 rings (SSSR count). The fraction of sp³-hybridized carbons (Fsp3) is 0.100. The lowest BCUT2D eigenvalue weighted by Crippen LogP contribution is -2.18. The van der Waals surface area contributed by atoms with Crippen LogP contribution in [0, 0.1) is 11.3 Å². The third-order valence-corrected chi connectivity index (χ3v) is 4.75. The highest BCUT2D eigenvalue weighted by molar-refractivity contribution is 8.00. The fourth-order valence-corrected chi connectivity index (χ4v) is 3.22. The van der Waals surface area contributed by atoms with E-state index < -0.39 is 17.6 Å². The lowest BCUT2D eigenvalue weighted by molar-refractivity contribution is -0.137. The zero-order chi connectivity index (χ0) is 20.9. The van der Waals surface area contributed by atoms with Crippen molar-refractivity contribution in [2.24, 2.45) is 0 Å². The summed E-state index contributed by atoms with van der Waals surface area (Å²) < 4.78 is 39.1. The number of pyridine rings is 2. The highest BCUT2D eigenvalue weighted by atomic mass is 32.2. The second-order valence-electron chi connectivity index (χ2n) is 5.76. The van der Waals surface area contributed by atoms with E-state index in [1.165, 1.54) is 18.2 Å². The number of amides is 1. The Morgan fingerprint density at radius 3 is 2.52 bits per heavy atom. The lowest BCUT2D eigenvalue weighted by atomic mass is 10.1. The zero-order valence-corrected chi connectivity index (χ0v) is 15.6. The second kappa shape index (κ2) is 8.75. The fourth-order valence-electron chi connectivity index (χ4n) is 2.45. The summed E-state index contributed by atoms with van der Waals surface area (Å²) in [6.45, 7) is 0. The van der Waals surface area contributed by atoms with Gasteiger partial charge in [-0.2, -0.15) is 18.4 Å². The van der Waals surface area contributed by atoms with Crippen LogP contribution in [-0.2, 0) is 11.0 Å². The van der Waals surface area contributed by atoms with Crippen LogP contribution in [0.5, 0.6) is 0 Å². The van der Waals surface area contributed by atoms with Gasteiger partial charge in [-0.15, -0.1) is 0 Å². The van der Waals surface area contributed by atoms with Gasteiger partial charge in [0.2, 0.25) is 5.91 Å². The van der Waals surface area contributed by atoms with Crippen LogP contribution in [0.2, 0.25) is 0 Å². The maximum atomic E-state index is 13.0. The Labute approximate surface area is 168 Å². The van der Waals surface area contributed by atoms with Crippen molar-refractivity contribution in [2.75, 3.05) is 11.1 Å². The van der Waals surface area contributed by atoms with Crippen molar-refractivity contribution in [3.8, 4) is 17.5 Å². The number of anilines is 1. The van der Waals surface area contributed by atoms with Crippen LogP contribution in [0.25, 0.3) is 11.4 Å². The first-order valence-corrected chi connectivity index (χ1v) is 9.28. The largest absolute Gasteiger partial charge is 0.418 e. The number of benzene rings is 1. The van der Waals surface area contributed by atoms with E-state index in [1.54, 1.807) is 36.5 Å². The van der Waals surface area contributed by atoms with Gasteiger partial charge in [0.05, 0.1) is 34.0 Å². The van der Waals surface area contributed by atoms with Crippen molar-refractivity contribution >= 4 is 23.4 Å². The van der Waals surface area contributed by atoms with E-state index in [9.17, 15) is 23.2 Å². The summed E-state index contributed by atoms with van der Waals surface area (Å²) in [6, 6.07) is 15.2. The molecule has 29 heavy (non-hydrogen) atoms. The third kappa shape index (κ3) is 5.12. The molecular formula is C20H13F3N4OS. The van der Waals surface area contributed by atoms with Crippen LogP contribution in [0.1, 0.15) is 11.1 Å². The Balaban J connectivity index is 1.75. The second-order valence-corrected chi connectivity index (χ2v) is 6.72. The molecule has 9 heteroatoms. The predicted molar refractivity (Wildman–Crippen MR) is 103 cm³/mol. The van der Waals surface area contributed by atoms with Gasteiger partial charge in [-0.3, -0.25) is 9.78 Å². The summed E-state index contributed by atoms with van der Waals surface area (Å²) in [7, 11) is 0. The lowest BCUT2D eigenvalue weighted by Gasteiger charge is -2.13. The molecule has 0 bridgehead atoms. The monoisotopic (exact) mass is 414 g/mol. The molecule has 0 radical (unpaired) electrons. The van der Waals surface area contributed by atoms with E-state index in [2.05, 4.69) is 15.3 Å². The van der Waals surface area contributed by atoms with Gasteiger partial charge in [0.15, 0.2) is 0 Å². The number of carbonyl (C=O) groups excluding carboxylic acids is 1. The molecule has 1 amide bonds. The Hall–Kier alpha value is -3.38. The normalized spacial score (nSPS) is 11.0. The molecule has 0 saturated carbocycles. The number of alkyl halides is 3. The number of halogens is 3. The van der Waals surface area contributed by atoms with Gasteiger partial charge in [-0.1, -0.05) is 30.0 Å². The number of nitrogens with one attached hydrogen (secondary N) is 1. The van der Waals surface area contributed by atoms with Gasteiger partial charge >= 0.3 is 6.18 Å². The van der Waals surface area contributed by atoms with Gasteiger partial charge in [0.1, 0.15) is 11.1 Å². The molecule has 5 nitrogen and oxygen atoms in total. The summed E-state index contributed by atoms with van der Waals surface area (Å²) in [5.41, 5.74) is 0.142. The summed E-state index contributed by atoms with van der Waals surface area (Å²) >= 11 is 0.966. The number of thioether (sulfide) groups is 1. The molecule has 2 aromatic heterocycles. The SMILES string of the molecule is N#Cc1ccc(-c2ccccn2)nc1SCC(=O)Nc1ccccc1C(F)(F)F. The Bertz CT molecular complexity index is 1070. The average Bonchev–Trinajstić information content (AvgIpc) is 2.72. The minimum absolute atomic E-state index is 0.209. The van der Waals surface area contributed by atoms with Crippen LogP contribution >= 0.6 is 11.8 Å². The van der Waals surface area contributed by atoms with E-state index in [4.69, 9.17) is 0 Å². The number of hydrogen-bond donors (Lipinski definition) is 1. The number of nitriles is 1. The molecule has 0 aliphatic carbocycles. The van der Waals surface area contributed by atoms with Crippen molar-refractivity contribution in [2.45, 2.75) is 11.2 Å². The van der Waals surface area contributed by atoms with Crippen LogP contribution < -0.4 is 5.32 Å². The summed E-state index contributed by atoms with van der Waals surface area (Å²) in [5.74, 6) is -0.847. The molecule has 3 aromatic rings. The van der Waals surface area contributed by atoms with Crippen LogP contribution in [0.4, 0.5) is 18.9 Å². The molecule has 0 atom stereocenters. The molecule has 0 fully saturated rings. The van der Waals surface area contributed by atoms with Crippen LogP contribution in [0.15, 0.2) is 65.8 Å². The van der Waals surface area contributed by atoms with Gasteiger partial charge in [-0.25, -0.2) is 4.98 Å². The minimum Gasteiger partial charge on any atom is -0.325 e. The van der Waals surface area contributed by atoms with Crippen molar-refractivity contribution in [1.29, 1.82) is 5.26 Å². The van der Waals surface area contributed by atoms with Crippen molar-refractivity contribution in [1.82, 2.24) is 9.97 Å². The Morgan fingerprint density at radius 1 is 1.07 bits per heavy atom.